The number of nitrogens with two attached hydrogens (primary N) is 1. The molecule has 0 bridgehead atoms. The number of hydrogen-bond acceptors (Lipinski definition) is 4. The van der Waals surface area contributed by atoms with Crippen LogP contribution in [0, 0.1) is 5.92 Å². The zero-order chi connectivity index (χ0) is 14.6. The van der Waals surface area contributed by atoms with Crippen molar-refractivity contribution in [3.05, 3.63) is 18.2 Å². The summed E-state index contributed by atoms with van der Waals surface area (Å²) >= 11 is 0. The van der Waals surface area contributed by atoms with E-state index in [1.165, 1.54) is 12.8 Å². The van der Waals surface area contributed by atoms with E-state index in [1.807, 2.05) is 19.4 Å². The summed E-state index contributed by atoms with van der Waals surface area (Å²) in [5, 5.41) is 0. The number of hydrazine groups is 1. The predicted octanol–water partition coefficient (Wildman–Crippen LogP) is 1.78. The number of hydrogen-bond donors (Lipinski definition) is 2. The maximum Gasteiger partial charge on any atom is 0.110 e. The van der Waals surface area contributed by atoms with Crippen LogP contribution >= 0.6 is 0 Å². The lowest BCUT2D eigenvalue weighted by Gasteiger charge is -2.45. The molecule has 3 unspecified atom stereocenters. The standard InChI is InChI=1S/C15H28N4O/c1-4-20-15(7-5-6-12(2)11-15)13(18-16)10-14-17-8-9-19(14)3/h8-9,12-13,18H,4-7,10-11,16H2,1-3H3. The first-order chi connectivity index (χ1) is 9.61. The van der Waals surface area contributed by atoms with E-state index >= 15 is 0 Å². The van der Waals surface area contributed by atoms with Crippen LogP contribution in [0.4, 0.5) is 0 Å². The van der Waals surface area contributed by atoms with Gasteiger partial charge in [0.25, 0.3) is 0 Å². The average molecular weight is 280 g/mol. The van der Waals surface area contributed by atoms with E-state index < -0.39 is 0 Å². The van der Waals surface area contributed by atoms with Crippen LogP contribution in [0.25, 0.3) is 0 Å². The van der Waals surface area contributed by atoms with Crippen molar-refractivity contribution in [1.29, 1.82) is 0 Å². The zero-order valence-corrected chi connectivity index (χ0v) is 12.9. The summed E-state index contributed by atoms with van der Waals surface area (Å²) in [5.74, 6) is 7.60. The number of aryl methyl sites for hydroxylation is 1. The lowest BCUT2D eigenvalue weighted by molar-refractivity contribution is -0.101. The fraction of sp³-hybridized carbons (Fsp3) is 0.800. The molecule has 1 aromatic rings. The Kier molecular flexibility index (Phi) is 5.18. The van der Waals surface area contributed by atoms with Gasteiger partial charge in [0.05, 0.1) is 11.6 Å². The third-order valence-electron chi connectivity index (χ3n) is 4.57. The molecule has 0 saturated heterocycles. The Morgan fingerprint density at radius 1 is 1.65 bits per heavy atom. The van der Waals surface area contributed by atoms with Crippen LogP contribution in [-0.2, 0) is 18.2 Å². The molecular formula is C15H28N4O. The van der Waals surface area contributed by atoms with Gasteiger partial charge in [-0.25, -0.2) is 4.98 Å². The molecule has 1 aliphatic rings. The molecule has 0 amide bonds. The fourth-order valence-electron chi connectivity index (χ4n) is 3.55. The molecule has 114 valence electrons. The predicted molar refractivity (Wildman–Crippen MR) is 80.0 cm³/mol. The van der Waals surface area contributed by atoms with Gasteiger partial charge in [0.15, 0.2) is 0 Å². The van der Waals surface area contributed by atoms with Crippen molar-refractivity contribution in [2.45, 2.75) is 57.6 Å². The number of nitrogens with one attached hydrogen (secondary N) is 1. The summed E-state index contributed by atoms with van der Waals surface area (Å²) in [5.41, 5.74) is 2.85. The van der Waals surface area contributed by atoms with Crippen LogP contribution in [0.1, 0.15) is 45.4 Å². The Morgan fingerprint density at radius 3 is 3.00 bits per heavy atom. The third-order valence-corrected chi connectivity index (χ3v) is 4.57. The van der Waals surface area contributed by atoms with Gasteiger partial charge in [-0.1, -0.05) is 19.8 Å². The summed E-state index contributed by atoms with van der Waals surface area (Å²) in [7, 11) is 2.02. The summed E-state index contributed by atoms with van der Waals surface area (Å²) in [6.45, 7) is 5.10. The van der Waals surface area contributed by atoms with E-state index in [0.29, 0.717) is 5.92 Å². The topological polar surface area (TPSA) is 65.1 Å². The van der Waals surface area contributed by atoms with E-state index in [-0.39, 0.29) is 11.6 Å². The van der Waals surface area contributed by atoms with Crippen molar-refractivity contribution in [2.75, 3.05) is 6.61 Å². The van der Waals surface area contributed by atoms with Gasteiger partial charge in [-0.3, -0.25) is 11.3 Å². The van der Waals surface area contributed by atoms with Crippen LogP contribution in [0.5, 0.6) is 0 Å². The monoisotopic (exact) mass is 280 g/mol. The minimum atomic E-state index is -0.160. The molecule has 1 heterocycles. The average Bonchev–Trinajstić information content (AvgIpc) is 2.81. The van der Waals surface area contributed by atoms with E-state index in [2.05, 4.69) is 28.8 Å². The van der Waals surface area contributed by atoms with Crippen LogP contribution in [-0.4, -0.2) is 27.8 Å². The number of aromatic nitrogens is 2. The van der Waals surface area contributed by atoms with Gasteiger partial charge in [-0.05, 0) is 25.7 Å². The Balaban J connectivity index is 2.18. The largest absolute Gasteiger partial charge is 0.374 e. The Morgan fingerprint density at radius 2 is 2.45 bits per heavy atom. The molecule has 5 heteroatoms. The third kappa shape index (κ3) is 3.22. The van der Waals surface area contributed by atoms with Gasteiger partial charge in [0.2, 0.25) is 0 Å². The summed E-state index contributed by atoms with van der Waals surface area (Å²) in [6.07, 6.45) is 9.24. The Labute approximate surface area is 121 Å². The molecule has 1 saturated carbocycles. The van der Waals surface area contributed by atoms with Crippen molar-refractivity contribution in [3.8, 4) is 0 Å². The second-order valence-corrected chi connectivity index (χ2v) is 6.08. The smallest absolute Gasteiger partial charge is 0.110 e. The SMILES string of the molecule is CCOC1(C(Cc2nccn2C)NN)CCCC(C)C1. The molecule has 0 aromatic carbocycles. The molecular weight excluding hydrogens is 252 g/mol. The molecule has 5 nitrogen and oxygen atoms in total. The fourth-order valence-corrected chi connectivity index (χ4v) is 3.55. The van der Waals surface area contributed by atoms with Crippen molar-refractivity contribution >= 4 is 0 Å². The van der Waals surface area contributed by atoms with Crippen molar-refractivity contribution < 1.29 is 4.74 Å². The maximum absolute atomic E-state index is 6.20. The molecule has 1 aliphatic carbocycles. The first kappa shape index (κ1) is 15.5. The lowest BCUT2D eigenvalue weighted by Crippen LogP contribution is -2.58. The summed E-state index contributed by atoms with van der Waals surface area (Å²) in [4.78, 5) is 4.42. The highest BCUT2D eigenvalue weighted by Gasteiger charge is 2.42. The van der Waals surface area contributed by atoms with E-state index in [4.69, 9.17) is 10.6 Å². The number of nitrogens with zero attached hydrogens (tertiary/aromatic N) is 2. The second kappa shape index (κ2) is 6.70. The molecule has 3 atom stereocenters. The zero-order valence-electron chi connectivity index (χ0n) is 12.9. The highest BCUT2D eigenvalue weighted by molar-refractivity contribution is 5.03. The second-order valence-electron chi connectivity index (χ2n) is 6.08. The number of rotatable bonds is 6. The minimum absolute atomic E-state index is 0.103. The van der Waals surface area contributed by atoms with Crippen molar-refractivity contribution in [2.24, 2.45) is 18.8 Å². The highest BCUT2D eigenvalue weighted by atomic mass is 16.5. The maximum atomic E-state index is 6.20. The molecule has 3 N–H and O–H groups in total. The van der Waals surface area contributed by atoms with E-state index in [1.54, 1.807) is 0 Å². The van der Waals surface area contributed by atoms with Crippen molar-refractivity contribution in [1.82, 2.24) is 15.0 Å². The van der Waals surface area contributed by atoms with E-state index in [9.17, 15) is 0 Å². The first-order valence-corrected chi connectivity index (χ1v) is 7.67. The van der Waals surface area contributed by atoms with Crippen molar-refractivity contribution in [3.63, 3.8) is 0 Å². The van der Waals surface area contributed by atoms with Gasteiger partial charge in [0, 0.05) is 32.5 Å². The van der Waals surface area contributed by atoms with E-state index in [0.717, 1.165) is 31.7 Å². The summed E-state index contributed by atoms with van der Waals surface area (Å²) < 4.78 is 8.25. The number of ether oxygens (including phenoxy) is 1. The molecule has 0 radical (unpaired) electrons. The van der Waals surface area contributed by atoms with Gasteiger partial charge in [-0.2, -0.15) is 0 Å². The first-order valence-electron chi connectivity index (χ1n) is 7.67. The van der Waals surface area contributed by atoms with Gasteiger partial charge < -0.3 is 9.30 Å². The Hall–Kier alpha value is -0.910. The number of imidazole rings is 1. The normalized spacial score (nSPS) is 28.5. The Bertz CT molecular complexity index is 416. The van der Waals surface area contributed by atoms with Gasteiger partial charge in [0.1, 0.15) is 5.82 Å². The molecule has 1 fully saturated rings. The molecule has 1 aromatic heterocycles. The van der Waals surface area contributed by atoms with Gasteiger partial charge >= 0.3 is 0 Å². The molecule has 2 rings (SSSR count). The van der Waals surface area contributed by atoms with Crippen LogP contribution in [0.15, 0.2) is 12.4 Å². The lowest BCUT2D eigenvalue weighted by atomic mass is 9.73. The summed E-state index contributed by atoms with van der Waals surface area (Å²) in [6, 6.07) is 0.103. The quantitative estimate of drug-likeness (QED) is 0.616. The van der Waals surface area contributed by atoms with Crippen LogP contribution < -0.4 is 11.3 Å². The van der Waals surface area contributed by atoms with Gasteiger partial charge in [-0.15, -0.1) is 0 Å². The van der Waals surface area contributed by atoms with Crippen LogP contribution in [0.3, 0.4) is 0 Å². The molecule has 0 aliphatic heterocycles. The van der Waals surface area contributed by atoms with Crippen LogP contribution in [0.2, 0.25) is 0 Å². The highest BCUT2D eigenvalue weighted by Crippen LogP contribution is 2.38. The minimum Gasteiger partial charge on any atom is -0.374 e. The molecule has 0 spiro atoms. The molecule has 20 heavy (non-hydrogen) atoms.